The monoisotopic (exact) mass is 359 g/mol. The fourth-order valence-corrected chi connectivity index (χ4v) is 3.04. The van der Waals surface area contributed by atoms with Crippen LogP contribution in [-0.4, -0.2) is 17.0 Å². The molecule has 0 saturated carbocycles. The van der Waals surface area contributed by atoms with Crippen molar-refractivity contribution in [1.29, 1.82) is 0 Å². The van der Waals surface area contributed by atoms with Crippen molar-refractivity contribution in [3.8, 4) is 11.1 Å². The first-order chi connectivity index (χ1) is 13.0. The number of aryl methyl sites for hydroxylation is 1. The molecule has 3 aromatic carbocycles. The van der Waals surface area contributed by atoms with Gasteiger partial charge in [0, 0.05) is 6.54 Å². The molecule has 136 valence electrons. The van der Waals surface area contributed by atoms with E-state index in [0.717, 1.165) is 22.3 Å². The minimum absolute atomic E-state index is 0.0304. The number of benzene rings is 3. The van der Waals surface area contributed by atoms with E-state index in [1.165, 1.54) is 0 Å². The minimum atomic E-state index is -0.930. The Kier molecular flexibility index (Phi) is 5.67. The predicted octanol–water partition coefficient (Wildman–Crippen LogP) is 4.22. The van der Waals surface area contributed by atoms with Crippen LogP contribution < -0.4 is 5.32 Å². The Labute approximate surface area is 158 Å². The molecule has 1 amide bonds. The highest BCUT2D eigenvalue weighted by molar-refractivity contribution is 5.97. The third-order valence-corrected chi connectivity index (χ3v) is 4.45. The standard InChI is InChI=1S/C23H21NO3/c1-16-6-5-9-20(22(16)23(26)27)19-12-10-18(11-13-19)15-24-21(25)14-17-7-3-2-4-8-17/h2-13H,14-15H2,1H3,(H,24,25)(H,26,27). The number of hydrogen-bond donors (Lipinski definition) is 2. The van der Waals surface area contributed by atoms with Crippen molar-refractivity contribution in [2.45, 2.75) is 19.9 Å². The lowest BCUT2D eigenvalue weighted by Crippen LogP contribution is -2.24. The van der Waals surface area contributed by atoms with Gasteiger partial charge in [-0.1, -0.05) is 72.8 Å². The van der Waals surface area contributed by atoms with Crippen LogP contribution in [0, 0.1) is 6.92 Å². The zero-order chi connectivity index (χ0) is 19.2. The molecule has 0 spiro atoms. The fraction of sp³-hybridized carbons (Fsp3) is 0.130. The summed E-state index contributed by atoms with van der Waals surface area (Å²) in [6.07, 6.45) is 0.351. The lowest BCUT2D eigenvalue weighted by atomic mass is 9.95. The van der Waals surface area contributed by atoms with Gasteiger partial charge in [0.1, 0.15) is 0 Å². The Balaban J connectivity index is 1.67. The topological polar surface area (TPSA) is 66.4 Å². The zero-order valence-corrected chi connectivity index (χ0v) is 15.1. The van der Waals surface area contributed by atoms with Crippen LogP contribution in [0.25, 0.3) is 11.1 Å². The molecule has 0 radical (unpaired) electrons. The lowest BCUT2D eigenvalue weighted by Gasteiger charge is -2.10. The van der Waals surface area contributed by atoms with Gasteiger partial charge in [-0.2, -0.15) is 0 Å². The number of carbonyl (C=O) groups is 2. The van der Waals surface area contributed by atoms with Crippen LogP contribution in [0.5, 0.6) is 0 Å². The Bertz CT molecular complexity index is 947. The van der Waals surface area contributed by atoms with Crippen molar-refractivity contribution in [3.63, 3.8) is 0 Å². The van der Waals surface area contributed by atoms with E-state index in [9.17, 15) is 14.7 Å². The number of carboxylic acid groups (broad SMARTS) is 1. The number of aromatic carboxylic acids is 1. The Hall–Kier alpha value is -3.40. The number of amides is 1. The molecule has 3 aromatic rings. The van der Waals surface area contributed by atoms with Gasteiger partial charge in [-0.15, -0.1) is 0 Å². The van der Waals surface area contributed by atoms with E-state index < -0.39 is 5.97 Å². The van der Waals surface area contributed by atoms with Crippen LogP contribution in [0.3, 0.4) is 0 Å². The summed E-state index contributed by atoms with van der Waals surface area (Å²) in [5, 5.41) is 12.4. The first-order valence-electron chi connectivity index (χ1n) is 8.77. The van der Waals surface area contributed by atoms with Crippen molar-refractivity contribution in [1.82, 2.24) is 5.32 Å². The van der Waals surface area contributed by atoms with Gasteiger partial charge in [-0.3, -0.25) is 4.79 Å². The van der Waals surface area contributed by atoms with E-state index in [2.05, 4.69) is 5.32 Å². The van der Waals surface area contributed by atoms with Crippen molar-refractivity contribution in [2.24, 2.45) is 0 Å². The molecular weight excluding hydrogens is 338 g/mol. The molecule has 27 heavy (non-hydrogen) atoms. The van der Waals surface area contributed by atoms with Gasteiger partial charge in [0.25, 0.3) is 0 Å². The van der Waals surface area contributed by atoms with Crippen LogP contribution >= 0.6 is 0 Å². The molecule has 0 aliphatic carbocycles. The summed E-state index contributed by atoms with van der Waals surface area (Å²) in [4.78, 5) is 23.6. The Morgan fingerprint density at radius 2 is 1.56 bits per heavy atom. The van der Waals surface area contributed by atoms with Gasteiger partial charge < -0.3 is 10.4 Å². The first-order valence-corrected chi connectivity index (χ1v) is 8.77. The Morgan fingerprint density at radius 3 is 2.22 bits per heavy atom. The number of rotatable bonds is 6. The second-order valence-corrected chi connectivity index (χ2v) is 6.44. The van der Waals surface area contributed by atoms with Gasteiger partial charge in [-0.25, -0.2) is 4.79 Å². The van der Waals surface area contributed by atoms with E-state index in [4.69, 9.17) is 0 Å². The van der Waals surface area contributed by atoms with Crippen molar-refractivity contribution < 1.29 is 14.7 Å². The molecule has 4 nitrogen and oxygen atoms in total. The summed E-state index contributed by atoms with van der Waals surface area (Å²) < 4.78 is 0. The van der Waals surface area contributed by atoms with Crippen LogP contribution in [0.2, 0.25) is 0 Å². The summed E-state index contributed by atoms with van der Waals surface area (Å²) in [6, 6.07) is 22.7. The number of nitrogens with one attached hydrogen (secondary N) is 1. The van der Waals surface area contributed by atoms with Gasteiger partial charge >= 0.3 is 5.97 Å². The molecule has 3 rings (SSSR count). The summed E-state index contributed by atoms with van der Waals surface area (Å²) in [5.74, 6) is -0.961. The first kappa shape index (κ1) is 18.4. The molecule has 0 aromatic heterocycles. The summed E-state index contributed by atoms with van der Waals surface area (Å²) >= 11 is 0. The molecule has 0 fully saturated rings. The van der Waals surface area contributed by atoms with Crippen LogP contribution in [0.1, 0.15) is 27.0 Å². The average Bonchev–Trinajstić information content (AvgIpc) is 2.67. The van der Waals surface area contributed by atoms with Gasteiger partial charge in [0.05, 0.1) is 12.0 Å². The third-order valence-electron chi connectivity index (χ3n) is 4.45. The van der Waals surface area contributed by atoms with E-state index in [-0.39, 0.29) is 5.91 Å². The highest BCUT2D eigenvalue weighted by Gasteiger charge is 2.14. The molecule has 0 saturated heterocycles. The van der Waals surface area contributed by atoms with Gasteiger partial charge in [0.2, 0.25) is 5.91 Å². The average molecular weight is 359 g/mol. The number of hydrogen-bond acceptors (Lipinski definition) is 2. The number of carboxylic acids is 1. The quantitative estimate of drug-likeness (QED) is 0.692. The molecule has 2 N–H and O–H groups in total. The van der Waals surface area contributed by atoms with E-state index in [1.807, 2.05) is 66.7 Å². The van der Waals surface area contributed by atoms with Crippen molar-refractivity contribution in [3.05, 3.63) is 95.1 Å². The van der Waals surface area contributed by atoms with Crippen LogP contribution in [0.4, 0.5) is 0 Å². The van der Waals surface area contributed by atoms with Crippen molar-refractivity contribution >= 4 is 11.9 Å². The SMILES string of the molecule is Cc1cccc(-c2ccc(CNC(=O)Cc3ccccc3)cc2)c1C(=O)O. The maximum atomic E-state index is 12.1. The summed E-state index contributed by atoms with van der Waals surface area (Å²) in [6.45, 7) is 2.23. The minimum Gasteiger partial charge on any atom is -0.478 e. The molecule has 0 aliphatic rings. The summed E-state index contributed by atoms with van der Waals surface area (Å²) in [5.41, 5.74) is 4.53. The van der Waals surface area contributed by atoms with E-state index >= 15 is 0 Å². The number of carbonyl (C=O) groups excluding carboxylic acids is 1. The van der Waals surface area contributed by atoms with Crippen LogP contribution in [-0.2, 0) is 17.8 Å². The zero-order valence-electron chi connectivity index (χ0n) is 15.1. The highest BCUT2D eigenvalue weighted by Crippen LogP contribution is 2.26. The normalized spacial score (nSPS) is 10.4. The van der Waals surface area contributed by atoms with Crippen LogP contribution in [0.15, 0.2) is 72.8 Å². The predicted molar refractivity (Wildman–Crippen MR) is 106 cm³/mol. The molecule has 0 unspecified atom stereocenters. The molecule has 0 heterocycles. The summed E-state index contributed by atoms with van der Waals surface area (Å²) in [7, 11) is 0. The molecule has 0 aliphatic heterocycles. The largest absolute Gasteiger partial charge is 0.478 e. The fourth-order valence-electron chi connectivity index (χ4n) is 3.04. The highest BCUT2D eigenvalue weighted by atomic mass is 16.4. The Morgan fingerprint density at radius 1 is 0.852 bits per heavy atom. The maximum Gasteiger partial charge on any atom is 0.336 e. The van der Waals surface area contributed by atoms with Gasteiger partial charge in [0.15, 0.2) is 0 Å². The molecule has 0 bridgehead atoms. The van der Waals surface area contributed by atoms with E-state index in [1.54, 1.807) is 13.0 Å². The molecule has 4 heteroatoms. The molecule has 0 atom stereocenters. The second-order valence-electron chi connectivity index (χ2n) is 6.44. The molecular formula is C23H21NO3. The lowest BCUT2D eigenvalue weighted by molar-refractivity contribution is -0.120. The van der Waals surface area contributed by atoms with Gasteiger partial charge in [-0.05, 0) is 34.7 Å². The maximum absolute atomic E-state index is 12.1. The third kappa shape index (κ3) is 4.61. The van der Waals surface area contributed by atoms with E-state index in [0.29, 0.717) is 24.1 Å². The smallest absolute Gasteiger partial charge is 0.336 e. The van der Waals surface area contributed by atoms with Crippen molar-refractivity contribution in [2.75, 3.05) is 0 Å². The second kappa shape index (κ2) is 8.32.